The van der Waals surface area contributed by atoms with E-state index in [0.717, 1.165) is 6.07 Å². The molecule has 0 spiro atoms. The summed E-state index contributed by atoms with van der Waals surface area (Å²) < 4.78 is 64.8. The number of benzene rings is 1. The first-order chi connectivity index (χ1) is 17.0. The summed E-state index contributed by atoms with van der Waals surface area (Å²) in [4.78, 5) is 31.0. The highest BCUT2D eigenvalue weighted by Gasteiger charge is 2.38. The largest absolute Gasteiger partial charge is 0.417 e. The van der Waals surface area contributed by atoms with E-state index in [2.05, 4.69) is 10.3 Å². The number of carbonyl (C=O) groups is 2. The van der Waals surface area contributed by atoms with Crippen LogP contribution in [0.1, 0.15) is 34.5 Å². The second-order valence-electron chi connectivity index (χ2n) is 8.59. The molecule has 13 heteroatoms. The maximum atomic E-state index is 13.2. The van der Waals surface area contributed by atoms with Gasteiger partial charge in [0.05, 0.1) is 34.7 Å². The summed E-state index contributed by atoms with van der Waals surface area (Å²) in [6.07, 6.45) is -2.87. The molecular formula is C23H22F3N5O4S. The lowest BCUT2D eigenvalue weighted by atomic mass is 10.1. The Bertz CT molecular complexity index is 1300. The van der Waals surface area contributed by atoms with Crippen LogP contribution in [-0.2, 0) is 27.5 Å². The molecule has 190 valence electrons. The first kappa shape index (κ1) is 25.6. The van der Waals surface area contributed by atoms with Crippen molar-refractivity contribution in [3.63, 3.8) is 0 Å². The average molecular weight is 522 g/mol. The molecule has 1 N–H and O–H groups in total. The molecule has 4 rings (SSSR count). The molecule has 0 saturated carbocycles. The van der Waals surface area contributed by atoms with Gasteiger partial charge >= 0.3 is 6.18 Å². The van der Waals surface area contributed by atoms with Crippen molar-refractivity contribution >= 4 is 21.8 Å². The lowest BCUT2D eigenvalue weighted by Gasteiger charge is -2.34. The number of nitrogens with one attached hydrogen (secondary N) is 1. The van der Waals surface area contributed by atoms with Gasteiger partial charge in [-0.2, -0.15) is 22.7 Å². The number of alkyl halides is 3. The summed E-state index contributed by atoms with van der Waals surface area (Å²) in [5.41, 5.74) is -0.555. The summed E-state index contributed by atoms with van der Waals surface area (Å²) in [7, 11) is -3.85. The highest BCUT2D eigenvalue weighted by Crippen LogP contribution is 2.29. The van der Waals surface area contributed by atoms with Crippen LogP contribution in [0.2, 0.25) is 0 Å². The minimum absolute atomic E-state index is 0.0710. The SMILES string of the molecule is N#CC1CN(S(=O)(=O)c2cccc(C(=O)N3CCC[C@@H]3C(=O)NCc3ccc(C(F)(F)F)cn3)c2)C1. The van der Waals surface area contributed by atoms with Crippen molar-refractivity contribution in [3.8, 4) is 6.07 Å². The van der Waals surface area contributed by atoms with Gasteiger partial charge in [-0.05, 0) is 43.2 Å². The number of halogens is 3. The molecule has 1 aromatic heterocycles. The predicted octanol–water partition coefficient (Wildman–Crippen LogP) is 2.17. The molecule has 2 aliphatic rings. The van der Waals surface area contributed by atoms with Crippen LogP contribution in [0.15, 0.2) is 47.5 Å². The zero-order valence-electron chi connectivity index (χ0n) is 18.9. The highest BCUT2D eigenvalue weighted by molar-refractivity contribution is 7.89. The van der Waals surface area contributed by atoms with Gasteiger partial charge in [-0.1, -0.05) is 6.07 Å². The first-order valence-electron chi connectivity index (χ1n) is 11.1. The molecule has 36 heavy (non-hydrogen) atoms. The van der Waals surface area contributed by atoms with E-state index in [1.807, 2.05) is 6.07 Å². The number of hydrogen-bond donors (Lipinski definition) is 1. The van der Waals surface area contributed by atoms with Gasteiger partial charge in [0, 0.05) is 31.4 Å². The summed E-state index contributed by atoms with van der Waals surface area (Å²) in [5, 5.41) is 11.5. The van der Waals surface area contributed by atoms with Crippen LogP contribution < -0.4 is 5.32 Å². The summed E-state index contributed by atoms with van der Waals surface area (Å²) in [6, 6.07) is 8.80. The van der Waals surface area contributed by atoms with E-state index in [9.17, 15) is 31.2 Å². The molecule has 2 amide bonds. The maximum absolute atomic E-state index is 13.2. The molecule has 2 saturated heterocycles. The van der Waals surface area contributed by atoms with Crippen LogP contribution in [0.25, 0.3) is 0 Å². The van der Waals surface area contributed by atoms with E-state index in [1.165, 1.54) is 39.5 Å². The predicted molar refractivity (Wildman–Crippen MR) is 119 cm³/mol. The normalized spacial score (nSPS) is 18.9. The monoisotopic (exact) mass is 521 g/mol. The summed E-state index contributed by atoms with van der Waals surface area (Å²) in [5.74, 6) is -1.34. The number of rotatable bonds is 6. The zero-order valence-corrected chi connectivity index (χ0v) is 19.7. The number of nitriles is 1. The number of aromatic nitrogens is 1. The number of sulfonamides is 1. The average Bonchev–Trinajstić information content (AvgIpc) is 3.31. The maximum Gasteiger partial charge on any atom is 0.417 e. The minimum Gasteiger partial charge on any atom is -0.349 e. The molecule has 0 aliphatic carbocycles. The van der Waals surface area contributed by atoms with Crippen molar-refractivity contribution in [2.75, 3.05) is 19.6 Å². The van der Waals surface area contributed by atoms with Gasteiger partial charge in [0.15, 0.2) is 0 Å². The number of likely N-dealkylation sites (tertiary alicyclic amines) is 1. The van der Waals surface area contributed by atoms with Gasteiger partial charge in [-0.25, -0.2) is 8.42 Å². The number of hydrogen-bond acceptors (Lipinski definition) is 6. The highest BCUT2D eigenvalue weighted by atomic mass is 32.2. The van der Waals surface area contributed by atoms with Crippen molar-refractivity contribution < 1.29 is 31.2 Å². The van der Waals surface area contributed by atoms with Crippen molar-refractivity contribution in [2.24, 2.45) is 5.92 Å². The molecule has 1 atom stereocenters. The Hall–Kier alpha value is -3.50. The molecule has 9 nitrogen and oxygen atoms in total. The van der Waals surface area contributed by atoms with Gasteiger partial charge in [-0.15, -0.1) is 0 Å². The van der Waals surface area contributed by atoms with Gasteiger partial charge < -0.3 is 10.2 Å². The van der Waals surface area contributed by atoms with Gasteiger partial charge in [0.2, 0.25) is 15.9 Å². The van der Waals surface area contributed by atoms with Crippen LogP contribution in [-0.4, -0.2) is 60.1 Å². The molecule has 2 aromatic rings. The molecule has 3 heterocycles. The second-order valence-corrected chi connectivity index (χ2v) is 10.5. The van der Waals surface area contributed by atoms with Gasteiger partial charge in [0.25, 0.3) is 5.91 Å². The Morgan fingerprint density at radius 2 is 1.94 bits per heavy atom. The third kappa shape index (κ3) is 5.19. The first-order valence-corrected chi connectivity index (χ1v) is 12.6. The molecule has 0 bridgehead atoms. The number of carbonyl (C=O) groups excluding carboxylic acids is 2. The number of nitrogens with zero attached hydrogens (tertiary/aromatic N) is 4. The molecular weight excluding hydrogens is 499 g/mol. The van der Waals surface area contributed by atoms with E-state index in [1.54, 1.807) is 0 Å². The van der Waals surface area contributed by atoms with Crippen LogP contribution in [0.4, 0.5) is 13.2 Å². The van der Waals surface area contributed by atoms with Crippen LogP contribution >= 0.6 is 0 Å². The smallest absolute Gasteiger partial charge is 0.349 e. The van der Waals surface area contributed by atoms with Gasteiger partial charge in [-0.3, -0.25) is 14.6 Å². The molecule has 0 radical (unpaired) electrons. The van der Waals surface area contributed by atoms with Crippen molar-refractivity contribution in [3.05, 3.63) is 59.4 Å². The van der Waals surface area contributed by atoms with E-state index in [4.69, 9.17) is 5.26 Å². The zero-order chi connectivity index (χ0) is 26.1. The fraction of sp³-hybridized carbons (Fsp3) is 0.391. The Balaban J connectivity index is 1.42. The van der Waals surface area contributed by atoms with E-state index >= 15 is 0 Å². The van der Waals surface area contributed by atoms with Gasteiger partial charge in [0.1, 0.15) is 6.04 Å². The van der Waals surface area contributed by atoms with E-state index in [-0.39, 0.29) is 41.7 Å². The topological polar surface area (TPSA) is 123 Å². The minimum atomic E-state index is -4.51. The van der Waals surface area contributed by atoms with Crippen molar-refractivity contribution in [1.29, 1.82) is 5.26 Å². The standard InChI is InChI=1S/C23H22F3N5O4S/c24-23(25,26)17-6-7-18(28-11-17)12-29-21(32)20-5-2-8-31(20)22(33)16-3-1-4-19(9-16)36(34,35)30-13-15(10-27)14-30/h1,3-4,6-7,9,11,15,20H,2,5,8,12-14H2,(H,29,32)/t20-/m1/s1. The lowest BCUT2D eigenvalue weighted by Crippen LogP contribution is -2.49. The molecule has 0 unspecified atom stereocenters. The third-order valence-corrected chi connectivity index (χ3v) is 7.99. The Morgan fingerprint density at radius 3 is 2.58 bits per heavy atom. The second kappa shape index (κ2) is 9.87. The Kier molecular flexibility index (Phi) is 7.01. The van der Waals surface area contributed by atoms with Crippen LogP contribution in [0, 0.1) is 17.2 Å². The van der Waals surface area contributed by atoms with Crippen LogP contribution in [0.3, 0.4) is 0 Å². The fourth-order valence-corrected chi connectivity index (χ4v) is 5.67. The van der Waals surface area contributed by atoms with E-state index < -0.39 is 39.6 Å². The molecule has 2 aliphatic heterocycles. The summed E-state index contributed by atoms with van der Waals surface area (Å²) >= 11 is 0. The van der Waals surface area contributed by atoms with E-state index in [0.29, 0.717) is 25.6 Å². The Labute approximate surface area is 205 Å². The number of pyridine rings is 1. The van der Waals surface area contributed by atoms with Crippen molar-refractivity contribution in [2.45, 2.75) is 36.5 Å². The fourth-order valence-electron chi connectivity index (χ4n) is 4.10. The lowest BCUT2D eigenvalue weighted by molar-refractivity contribution is -0.137. The quantitative estimate of drug-likeness (QED) is 0.622. The summed E-state index contributed by atoms with van der Waals surface area (Å²) in [6.45, 7) is 0.378. The number of amides is 2. The molecule has 2 fully saturated rings. The Morgan fingerprint density at radius 1 is 1.19 bits per heavy atom. The third-order valence-electron chi connectivity index (χ3n) is 6.16. The molecule has 1 aromatic carbocycles. The van der Waals surface area contributed by atoms with Crippen LogP contribution in [0.5, 0.6) is 0 Å². The van der Waals surface area contributed by atoms with Crippen molar-refractivity contribution in [1.82, 2.24) is 19.5 Å².